The van der Waals surface area contributed by atoms with Gasteiger partial charge in [-0.05, 0) is 37.3 Å². The van der Waals surface area contributed by atoms with Gasteiger partial charge in [-0.25, -0.2) is 0 Å². The quantitative estimate of drug-likeness (QED) is 0.213. The maximum Gasteiger partial charge on any atom is 0.191 e. The van der Waals surface area contributed by atoms with Gasteiger partial charge in [0, 0.05) is 49.9 Å². The number of rotatable bonds is 10. The summed E-state index contributed by atoms with van der Waals surface area (Å²) in [5.41, 5.74) is 2.53. The summed E-state index contributed by atoms with van der Waals surface area (Å²) in [4.78, 5) is 7.94. The standard InChI is InChI=1S/C20H32N4O.HI/c1-4-21-20(22-11-7-13-25-15-16(2)3)23-12-10-17-14-24-19-9-6-5-8-18(17)19;/h5-6,8-9,14,16,24H,4,7,10-13,15H2,1-3H3,(H2,21,22,23);1H. The van der Waals surface area contributed by atoms with Crippen molar-refractivity contribution in [2.24, 2.45) is 10.9 Å². The van der Waals surface area contributed by atoms with Crippen LogP contribution < -0.4 is 10.6 Å². The van der Waals surface area contributed by atoms with Crippen molar-refractivity contribution in [2.45, 2.75) is 33.6 Å². The Balaban J connectivity index is 0.00000338. The zero-order valence-electron chi connectivity index (χ0n) is 16.2. The van der Waals surface area contributed by atoms with E-state index in [-0.39, 0.29) is 24.0 Å². The van der Waals surface area contributed by atoms with E-state index in [0.717, 1.165) is 51.6 Å². The third kappa shape index (κ3) is 7.95. The summed E-state index contributed by atoms with van der Waals surface area (Å²) in [7, 11) is 0. The Bertz CT molecular complexity index is 654. The lowest BCUT2D eigenvalue weighted by molar-refractivity contribution is 0.109. The van der Waals surface area contributed by atoms with Crippen LogP contribution in [0.4, 0.5) is 0 Å². The Labute approximate surface area is 174 Å². The van der Waals surface area contributed by atoms with Gasteiger partial charge in [0.05, 0.1) is 0 Å². The van der Waals surface area contributed by atoms with Crippen molar-refractivity contribution in [3.8, 4) is 0 Å². The van der Waals surface area contributed by atoms with Crippen LogP contribution in [0.3, 0.4) is 0 Å². The number of guanidine groups is 1. The zero-order chi connectivity index (χ0) is 17.9. The lowest BCUT2D eigenvalue weighted by Crippen LogP contribution is -2.38. The Hall–Kier alpha value is -1.28. The van der Waals surface area contributed by atoms with Gasteiger partial charge >= 0.3 is 0 Å². The van der Waals surface area contributed by atoms with Gasteiger partial charge in [0.1, 0.15) is 0 Å². The molecule has 146 valence electrons. The molecule has 1 aromatic heterocycles. The SMILES string of the molecule is CCNC(=NCCCOCC(C)C)NCCc1c[nH]c2ccccc12.I. The van der Waals surface area contributed by atoms with Gasteiger partial charge in [-0.15, -0.1) is 24.0 Å². The highest BCUT2D eigenvalue weighted by Crippen LogP contribution is 2.17. The van der Waals surface area contributed by atoms with E-state index in [1.54, 1.807) is 0 Å². The lowest BCUT2D eigenvalue weighted by atomic mass is 10.1. The zero-order valence-corrected chi connectivity index (χ0v) is 18.5. The van der Waals surface area contributed by atoms with E-state index in [0.29, 0.717) is 5.92 Å². The van der Waals surface area contributed by atoms with Gasteiger partial charge in [-0.2, -0.15) is 0 Å². The van der Waals surface area contributed by atoms with Crippen molar-refractivity contribution in [3.63, 3.8) is 0 Å². The molecule has 6 heteroatoms. The second kappa shape index (κ2) is 13.0. The second-order valence-corrected chi connectivity index (χ2v) is 6.62. The molecular weight excluding hydrogens is 439 g/mol. The smallest absolute Gasteiger partial charge is 0.191 e. The summed E-state index contributed by atoms with van der Waals surface area (Å²) >= 11 is 0. The summed E-state index contributed by atoms with van der Waals surface area (Å²) in [6.07, 6.45) is 4.01. The van der Waals surface area contributed by atoms with Crippen molar-refractivity contribution < 1.29 is 4.74 Å². The molecule has 1 aromatic carbocycles. The molecule has 0 bridgehead atoms. The number of benzene rings is 1. The van der Waals surface area contributed by atoms with Crippen LogP contribution in [0.2, 0.25) is 0 Å². The minimum atomic E-state index is 0. The molecule has 0 radical (unpaired) electrons. The number of hydrogen-bond acceptors (Lipinski definition) is 2. The molecule has 0 aliphatic carbocycles. The summed E-state index contributed by atoms with van der Waals surface area (Å²) in [5.74, 6) is 1.47. The molecule has 0 atom stereocenters. The summed E-state index contributed by atoms with van der Waals surface area (Å²) in [6, 6.07) is 8.42. The molecule has 0 amide bonds. The highest BCUT2D eigenvalue weighted by molar-refractivity contribution is 14.0. The third-order valence-corrected chi connectivity index (χ3v) is 3.87. The van der Waals surface area contributed by atoms with E-state index in [4.69, 9.17) is 4.74 Å². The summed E-state index contributed by atoms with van der Waals surface area (Å²) in [5, 5.41) is 8.02. The number of aliphatic imine (C=N–C) groups is 1. The number of fused-ring (bicyclic) bond motifs is 1. The molecule has 0 unspecified atom stereocenters. The fourth-order valence-corrected chi connectivity index (χ4v) is 2.67. The predicted octanol–water partition coefficient (Wildman–Crippen LogP) is 3.95. The van der Waals surface area contributed by atoms with E-state index < -0.39 is 0 Å². The van der Waals surface area contributed by atoms with Gasteiger partial charge in [0.25, 0.3) is 0 Å². The minimum Gasteiger partial charge on any atom is -0.381 e. The highest BCUT2D eigenvalue weighted by atomic mass is 127. The number of ether oxygens (including phenoxy) is 1. The minimum absolute atomic E-state index is 0. The lowest BCUT2D eigenvalue weighted by Gasteiger charge is -2.11. The highest BCUT2D eigenvalue weighted by Gasteiger charge is 2.03. The maximum absolute atomic E-state index is 5.59. The van der Waals surface area contributed by atoms with Gasteiger partial charge in [-0.1, -0.05) is 32.0 Å². The van der Waals surface area contributed by atoms with Crippen LogP contribution in [0.15, 0.2) is 35.5 Å². The first-order valence-corrected chi connectivity index (χ1v) is 9.35. The first-order chi connectivity index (χ1) is 12.2. The van der Waals surface area contributed by atoms with E-state index in [1.165, 1.54) is 16.5 Å². The first kappa shape index (κ1) is 22.8. The molecule has 0 saturated heterocycles. The number of para-hydroxylation sites is 1. The van der Waals surface area contributed by atoms with Gasteiger partial charge in [-0.3, -0.25) is 4.99 Å². The maximum atomic E-state index is 5.59. The largest absolute Gasteiger partial charge is 0.381 e. The number of nitrogens with zero attached hydrogens (tertiary/aromatic N) is 1. The molecule has 2 rings (SSSR count). The molecule has 0 saturated carbocycles. The van der Waals surface area contributed by atoms with Crippen molar-refractivity contribution in [1.82, 2.24) is 15.6 Å². The molecule has 26 heavy (non-hydrogen) atoms. The van der Waals surface area contributed by atoms with Gasteiger partial charge in [0.2, 0.25) is 0 Å². The average Bonchev–Trinajstić information content (AvgIpc) is 3.01. The topological polar surface area (TPSA) is 61.4 Å². The van der Waals surface area contributed by atoms with E-state index in [9.17, 15) is 0 Å². The fourth-order valence-electron chi connectivity index (χ4n) is 2.67. The first-order valence-electron chi connectivity index (χ1n) is 9.35. The van der Waals surface area contributed by atoms with E-state index in [2.05, 4.69) is 71.8 Å². The van der Waals surface area contributed by atoms with Crippen LogP contribution >= 0.6 is 24.0 Å². The molecule has 1 heterocycles. The van der Waals surface area contributed by atoms with Crippen LogP contribution in [0, 0.1) is 5.92 Å². The van der Waals surface area contributed by atoms with E-state index in [1.807, 2.05) is 0 Å². The Kier molecular flexibility index (Phi) is 11.4. The molecule has 0 aliphatic rings. The van der Waals surface area contributed by atoms with Gasteiger partial charge in [0.15, 0.2) is 5.96 Å². The second-order valence-electron chi connectivity index (χ2n) is 6.62. The Morgan fingerprint density at radius 1 is 1.23 bits per heavy atom. The molecule has 0 fully saturated rings. The van der Waals surface area contributed by atoms with Crippen molar-refractivity contribution in [2.75, 3.05) is 32.8 Å². The average molecular weight is 472 g/mol. The van der Waals surface area contributed by atoms with Gasteiger partial charge < -0.3 is 20.4 Å². The predicted molar refractivity (Wildman–Crippen MR) is 122 cm³/mol. The van der Waals surface area contributed by atoms with Crippen molar-refractivity contribution >= 4 is 40.8 Å². The third-order valence-electron chi connectivity index (χ3n) is 3.87. The summed E-state index contributed by atoms with van der Waals surface area (Å²) < 4.78 is 5.59. The molecule has 0 spiro atoms. The number of aromatic nitrogens is 1. The fraction of sp³-hybridized carbons (Fsp3) is 0.550. The number of hydrogen-bond donors (Lipinski definition) is 3. The number of aromatic amines is 1. The molecule has 3 N–H and O–H groups in total. The number of H-pyrrole nitrogens is 1. The van der Waals surface area contributed by atoms with Crippen LogP contribution in [0.25, 0.3) is 10.9 Å². The van der Waals surface area contributed by atoms with Crippen LogP contribution in [0.5, 0.6) is 0 Å². The Morgan fingerprint density at radius 3 is 2.81 bits per heavy atom. The number of halogens is 1. The van der Waals surface area contributed by atoms with Crippen LogP contribution in [-0.2, 0) is 11.2 Å². The molecule has 0 aliphatic heterocycles. The Morgan fingerprint density at radius 2 is 2.04 bits per heavy atom. The number of nitrogens with one attached hydrogen (secondary N) is 3. The van der Waals surface area contributed by atoms with Crippen LogP contribution in [-0.4, -0.2) is 43.8 Å². The normalized spacial score (nSPS) is 11.6. The summed E-state index contributed by atoms with van der Waals surface area (Å²) in [6.45, 7) is 10.5. The van der Waals surface area contributed by atoms with Crippen LogP contribution in [0.1, 0.15) is 32.8 Å². The molecule has 2 aromatic rings. The molecule has 5 nitrogen and oxygen atoms in total. The monoisotopic (exact) mass is 472 g/mol. The molecular formula is C20H33IN4O. The van der Waals surface area contributed by atoms with Crippen molar-refractivity contribution in [3.05, 3.63) is 36.0 Å². The van der Waals surface area contributed by atoms with E-state index >= 15 is 0 Å². The van der Waals surface area contributed by atoms with Crippen molar-refractivity contribution in [1.29, 1.82) is 0 Å².